The number of unbranched alkanes of at least 4 members (excludes halogenated alkanes) is 1. The minimum Gasteiger partial charge on any atom is -0.481 e. The molecule has 0 unspecified atom stereocenters. The van der Waals surface area contributed by atoms with E-state index in [1.165, 1.54) is 13.8 Å². The number of carboxylic acids is 3. The van der Waals surface area contributed by atoms with E-state index < -0.39 is 97.3 Å². The molecule has 0 bridgehead atoms. The highest BCUT2D eigenvalue weighted by molar-refractivity contribution is 8.00. The average molecular weight is 687 g/mol. The monoisotopic (exact) mass is 686 g/mol. The summed E-state index contributed by atoms with van der Waals surface area (Å²) in [6.45, 7) is 3.07. The number of rotatable bonds is 21. The van der Waals surface area contributed by atoms with Crippen LogP contribution in [0.4, 0.5) is 4.79 Å². The number of carbonyl (C=O) groups is 9. The highest BCUT2D eigenvalue weighted by atomic mass is 32.2. The topological polar surface area (TPSA) is 286 Å². The molecule has 2 rings (SSSR count). The first kappa shape index (κ1) is 38.8. The summed E-state index contributed by atoms with van der Waals surface area (Å²) in [5, 5.41) is 42.5. The molecule has 9 N–H and O–H groups in total. The number of nitrogens with one attached hydrogen (secondary N) is 6. The van der Waals surface area contributed by atoms with Gasteiger partial charge in [0.25, 0.3) is 0 Å². The van der Waals surface area contributed by atoms with Gasteiger partial charge in [-0.05, 0) is 25.2 Å². The van der Waals surface area contributed by atoms with E-state index in [-0.39, 0.29) is 36.1 Å². The number of aliphatic carboxylic acids is 3. The van der Waals surface area contributed by atoms with Crippen LogP contribution in [-0.4, -0.2) is 116 Å². The molecule has 0 radical (unpaired) electrons. The lowest BCUT2D eigenvalue weighted by atomic mass is 10.0. The molecule has 18 nitrogen and oxygen atoms in total. The quantitative estimate of drug-likeness (QED) is 0.0371. The molecule has 2 aliphatic rings. The van der Waals surface area contributed by atoms with Gasteiger partial charge < -0.3 is 52.0 Å². The fourth-order valence-electron chi connectivity index (χ4n) is 5.12. The Bertz CT molecular complexity index is 1220. The summed E-state index contributed by atoms with van der Waals surface area (Å²) in [5.74, 6) is -7.52. The van der Waals surface area contributed by atoms with Crippen molar-refractivity contribution in [2.75, 3.05) is 5.75 Å². The van der Waals surface area contributed by atoms with Crippen molar-refractivity contribution in [1.29, 1.82) is 0 Å². The summed E-state index contributed by atoms with van der Waals surface area (Å²) in [4.78, 5) is 108. The van der Waals surface area contributed by atoms with Gasteiger partial charge >= 0.3 is 23.9 Å². The highest BCUT2D eigenvalue weighted by Crippen LogP contribution is 2.33. The number of fused-ring (bicyclic) bond motifs is 1. The molecule has 2 fully saturated rings. The smallest absolute Gasteiger partial charge is 0.315 e. The van der Waals surface area contributed by atoms with Gasteiger partial charge in [0.05, 0.1) is 31.0 Å². The van der Waals surface area contributed by atoms with Crippen molar-refractivity contribution in [3.63, 3.8) is 0 Å². The Balaban J connectivity index is 2.02. The Morgan fingerprint density at radius 2 is 1.49 bits per heavy atom. The Hall–Kier alpha value is -4.42. The lowest BCUT2D eigenvalue weighted by molar-refractivity contribution is -0.141. The molecule has 0 aromatic heterocycles. The minimum absolute atomic E-state index is 0.00615. The van der Waals surface area contributed by atoms with E-state index in [0.29, 0.717) is 12.8 Å². The zero-order valence-corrected chi connectivity index (χ0v) is 26.8. The number of amides is 6. The molecule has 19 heteroatoms. The van der Waals surface area contributed by atoms with E-state index in [4.69, 9.17) is 10.2 Å². The second kappa shape index (κ2) is 18.7. The molecule has 0 spiro atoms. The van der Waals surface area contributed by atoms with Crippen LogP contribution in [0.3, 0.4) is 0 Å². The number of hydrogen-bond donors (Lipinski definition) is 9. The van der Waals surface area contributed by atoms with Crippen LogP contribution in [-0.2, 0) is 38.4 Å². The number of hydrogen-bond acceptors (Lipinski definition) is 10. The van der Waals surface area contributed by atoms with E-state index in [1.54, 1.807) is 11.8 Å². The maximum absolute atomic E-state index is 13.2. The van der Waals surface area contributed by atoms with Gasteiger partial charge in [0.1, 0.15) is 24.4 Å². The first-order valence-corrected chi connectivity index (χ1v) is 16.2. The third kappa shape index (κ3) is 13.1. The molecule has 0 aliphatic carbocycles. The predicted molar refractivity (Wildman–Crippen MR) is 164 cm³/mol. The largest absolute Gasteiger partial charge is 0.481 e. The van der Waals surface area contributed by atoms with Crippen molar-refractivity contribution >= 4 is 65.6 Å². The van der Waals surface area contributed by atoms with Crippen LogP contribution in [0.25, 0.3) is 0 Å². The van der Waals surface area contributed by atoms with Gasteiger partial charge in [-0.1, -0.05) is 20.3 Å². The van der Waals surface area contributed by atoms with Crippen molar-refractivity contribution in [2.24, 2.45) is 5.92 Å². The van der Waals surface area contributed by atoms with Gasteiger partial charge in [-0.3, -0.25) is 33.6 Å². The second-order valence-electron chi connectivity index (χ2n) is 11.7. The third-order valence-corrected chi connectivity index (χ3v) is 9.03. The Kier molecular flexibility index (Phi) is 15.4. The zero-order chi connectivity index (χ0) is 35.3. The summed E-state index contributed by atoms with van der Waals surface area (Å²) < 4.78 is 0. The molecular formula is C28H42N6O12S. The number of carbonyl (C=O) groups excluding carboxylic acids is 6. The van der Waals surface area contributed by atoms with Crippen molar-refractivity contribution in [3.05, 3.63) is 0 Å². The molecule has 2 heterocycles. The first-order valence-electron chi connectivity index (χ1n) is 15.1. The van der Waals surface area contributed by atoms with Crippen molar-refractivity contribution in [1.82, 2.24) is 31.9 Å². The molecule has 0 saturated carbocycles. The standard InChI is InChI=1S/C28H42N6O12S/c1-13(2)23(27(45)29-14(11-35)9-21(39)40)33-25(43)15(7-8-20(37)38)31-26(44)16(10-22(41)42)30-19(36)6-4-3-5-18-24-17(12-47-18)32-28(46)34-24/h11,13-18,23-24H,3-10,12H2,1-2H3,(H,29,45)(H,30,36)(H,31,44)(H,33,43)(H,37,38)(H,39,40)(H,41,42)(H2,32,34,46)/t14-,15-,16-,17+,18+,23-,24+/m0/s1. The fourth-order valence-corrected chi connectivity index (χ4v) is 6.66. The number of carboxylic acid groups (broad SMARTS) is 3. The van der Waals surface area contributed by atoms with E-state index in [0.717, 1.165) is 12.2 Å². The fraction of sp³-hybridized carbons (Fsp3) is 0.679. The van der Waals surface area contributed by atoms with Crippen molar-refractivity contribution in [3.8, 4) is 0 Å². The van der Waals surface area contributed by atoms with E-state index in [9.17, 15) is 48.3 Å². The summed E-state index contributed by atoms with van der Waals surface area (Å²) in [6.07, 6.45) is -0.640. The van der Waals surface area contributed by atoms with Crippen LogP contribution >= 0.6 is 11.8 Å². The summed E-state index contributed by atoms with van der Waals surface area (Å²) in [6, 6.07) is -6.04. The number of urea groups is 1. The zero-order valence-electron chi connectivity index (χ0n) is 26.0. The highest BCUT2D eigenvalue weighted by Gasteiger charge is 2.42. The first-order chi connectivity index (χ1) is 22.1. The van der Waals surface area contributed by atoms with Crippen LogP contribution in [0.5, 0.6) is 0 Å². The van der Waals surface area contributed by atoms with Crippen LogP contribution < -0.4 is 31.9 Å². The van der Waals surface area contributed by atoms with Gasteiger partial charge in [0, 0.05) is 23.8 Å². The molecule has 2 saturated heterocycles. The molecule has 7 atom stereocenters. The van der Waals surface area contributed by atoms with E-state index in [2.05, 4.69) is 31.9 Å². The van der Waals surface area contributed by atoms with Gasteiger partial charge in [-0.2, -0.15) is 11.8 Å². The second-order valence-corrected chi connectivity index (χ2v) is 12.9. The lowest BCUT2D eigenvalue weighted by Gasteiger charge is -2.27. The number of aldehydes is 1. The van der Waals surface area contributed by atoms with Crippen molar-refractivity contribution < 1.29 is 58.5 Å². The Labute approximate surface area is 274 Å². The molecule has 0 aromatic carbocycles. The summed E-state index contributed by atoms with van der Waals surface area (Å²) >= 11 is 1.72. The SMILES string of the molecule is CC(C)[C@H](NC(=O)[C@H](CCC(=O)O)NC(=O)[C@H](CC(=O)O)NC(=O)CCCC[C@H]1SC[C@H]2NC(=O)N[C@H]21)C(=O)N[C@H](C=O)CC(=O)O. The molecular weight excluding hydrogens is 644 g/mol. The maximum Gasteiger partial charge on any atom is 0.315 e. The third-order valence-electron chi connectivity index (χ3n) is 7.52. The number of thioether (sulfide) groups is 1. The lowest BCUT2D eigenvalue weighted by Crippen LogP contribution is -2.58. The summed E-state index contributed by atoms with van der Waals surface area (Å²) in [7, 11) is 0. The van der Waals surface area contributed by atoms with Crippen LogP contribution in [0, 0.1) is 5.92 Å². The Morgan fingerprint density at radius 3 is 2.09 bits per heavy atom. The average Bonchev–Trinajstić information content (AvgIpc) is 3.53. The van der Waals surface area contributed by atoms with Crippen LogP contribution in [0.1, 0.15) is 65.2 Å². The van der Waals surface area contributed by atoms with Crippen molar-refractivity contribution in [2.45, 2.75) is 107 Å². The Morgan fingerprint density at radius 1 is 0.830 bits per heavy atom. The molecule has 0 aromatic rings. The maximum atomic E-state index is 13.2. The summed E-state index contributed by atoms with van der Waals surface area (Å²) in [5.41, 5.74) is 0. The van der Waals surface area contributed by atoms with E-state index >= 15 is 0 Å². The van der Waals surface area contributed by atoms with Gasteiger partial charge in [0.2, 0.25) is 23.6 Å². The normalized spacial score (nSPS) is 20.7. The minimum atomic E-state index is -1.61. The molecule has 6 amide bonds. The molecule has 2 aliphatic heterocycles. The van der Waals surface area contributed by atoms with Gasteiger partial charge in [0.15, 0.2) is 0 Å². The van der Waals surface area contributed by atoms with Gasteiger partial charge in [-0.15, -0.1) is 0 Å². The van der Waals surface area contributed by atoms with Crippen LogP contribution in [0.15, 0.2) is 0 Å². The van der Waals surface area contributed by atoms with Gasteiger partial charge in [-0.25, -0.2) is 4.79 Å². The molecule has 47 heavy (non-hydrogen) atoms. The van der Waals surface area contributed by atoms with Crippen LogP contribution in [0.2, 0.25) is 0 Å². The van der Waals surface area contributed by atoms with E-state index in [1.807, 2.05) is 0 Å². The predicted octanol–water partition coefficient (Wildman–Crippen LogP) is -1.68. The molecule has 262 valence electrons.